The molecule has 0 saturated heterocycles. The molecule has 0 saturated carbocycles. The lowest BCUT2D eigenvalue weighted by molar-refractivity contribution is 0.396. The zero-order valence-corrected chi connectivity index (χ0v) is 11.5. The van der Waals surface area contributed by atoms with Gasteiger partial charge in [-0.15, -0.1) is 11.3 Å². The smallest absolute Gasteiger partial charge is 0.195 e. The van der Waals surface area contributed by atoms with Gasteiger partial charge in [0.25, 0.3) is 0 Å². The van der Waals surface area contributed by atoms with E-state index in [0.717, 1.165) is 10.7 Å². The molecule has 2 aromatic heterocycles. The number of hydrogen-bond acceptors (Lipinski definition) is 3. The minimum atomic E-state index is -0.0582. The van der Waals surface area contributed by atoms with Crippen molar-refractivity contribution in [2.24, 2.45) is 0 Å². The molecule has 0 aromatic carbocycles. The van der Waals surface area contributed by atoms with Crippen LogP contribution in [0.3, 0.4) is 0 Å². The summed E-state index contributed by atoms with van der Waals surface area (Å²) in [7, 11) is 0. The summed E-state index contributed by atoms with van der Waals surface area (Å²) in [5, 5.41) is 7.20. The van der Waals surface area contributed by atoms with Gasteiger partial charge in [0.1, 0.15) is 0 Å². The van der Waals surface area contributed by atoms with E-state index in [4.69, 9.17) is 12.2 Å². The summed E-state index contributed by atoms with van der Waals surface area (Å²) in [5.41, 5.74) is -0.0582. The van der Waals surface area contributed by atoms with Crippen LogP contribution in [0.25, 0.3) is 10.7 Å². The molecule has 2 aromatic rings. The second-order valence-corrected chi connectivity index (χ2v) is 6.44. The second kappa shape index (κ2) is 3.82. The van der Waals surface area contributed by atoms with Crippen molar-refractivity contribution in [2.75, 3.05) is 0 Å². The maximum Gasteiger partial charge on any atom is 0.195 e. The number of thiophene rings is 1. The molecule has 0 bridgehead atoms. The largest absolute Gasteiger partial charge is 0.294 e. The standard InChI is InChI=1S/C11H15N3S2/c1-7-5-6-8(16-7)9-12-13-10(15)14(9)11(2,3)4/h5-6H,1-4H3,(H,13,15). The van der Waals surface area contributed by atoms with Gasteiger partial charge in [0.2, 0.25) is 0 Å². The summed E-state index contributed by atoms with van der Waals surface area (Å²) >= 11 is 7.01. The molecule has 2 heterocycles. The molecule has 0 fully saturated rings. The molecule has 0 amide bonds. The van der Waals surface area contributed by atoms with Gasteiger partial charge in [0.15, 0.2) is 10.6 Å². The Hall–Kier alpha value is -0.940. The van der Waals surface area contributed by atoms with Crippen molar-refractivity contribution in [1.82, 2.24) is 14.8 Å². The Bertz CT molecular complexity index is 554. The first kappa shape index (κ1) is 11.5. The van der Waals surface area contributed by atoms with Crippen LogP contribution in [-0.4, -0.2) is 14.8 Å². The monoisotopic (exact) mass is 253 g/mol. The fourth-order valence-corrected chi connectivity index (χ4v) is 2.89. The molecular formula is C11H15N3S2. The summed E-state index contributed by atoms with van der Waals surface area (Å²) in [6.07, 6.45) is 0. The molecule has 0 aliphatic carbocycles. The molecule has 3 nitrogen and oxygen atoms in total. The maximum absolute atomic E-state index is 5.28. The Morgan fingerprint density at radius 1 is 1.38 bits per heavy atom. The van der Waals surface area contributed by atoms with Crippen LogP contribution in [-0.2, 0) is 5.54 Å². The Balaban J connectivity index is 2.63. The summed E-state index contributed by atoms with van der Waals surface area (Å²) in [6, 6.07) is 4.19. The van der Waals surface area contributed by atoms with E-state index in [1.807, 2.05) is 0 Å². The highest BCUT2D eigenvalue weighted by Crippen LogP contribution is 2.29. The van der Waals surface area contributed by atoms with E-state index in [-0.39, 0.29) is 5.54 Å². The molecule has 86 valence electrons. The Labute approximate surface area is 104 Å². The third-order valence-electron chi connectivity index (χ3n) is 2.30. The van der Waals surface area contributed by atoms with Crippen LogP contribution in [0.5, 0.6) is 0 Å². The van der Waals surface area contributed by atoms with E-state index in [9.17, 15) is 0 Å². The predicted molar refractivity (Wildman–Crippen MR) is 70.5 cm³/mol. The molecule has 5 heteroatoms. The first-order chi connectivity index (χ1) is 7.39. The van der Waals surface area contributed by atoms with Crippen LogP contribution in [0, 0.1) is 11.7 Å². The lowest BCUT2D eigenvalue weighted by Crippen LogP contribution is -2.22. The lowest BCUT2D eigenvalue weighted by Gasteiger charge is -2.21. The van der Waals surface area contributed by atoms with Gasteiger partial charge in [0.05, 0.1) is 4.88 Å². The molecule has 1 N–H and O–H groups in total. The zero-order chi connectivity index (χ0) is 11.9. The van der Waals surface area contributed by atoms with Gasteiger partial charge in [-0.3, -0.25) is 9.67 Å². The van der Waals surface area contributed by atoms with Crippen LogP contribution < -0.4 is 0 Å². The van der Waals surface area contributed by atoms with Crippen LogP contribution in [0.4, 0.5) is 0 Å². The predicted octanol–water partition coefficient (Wildman–Crippen LogP) is 3.73. The van der Waals surface area contributed by atoms with E-state index in [0.29, 0.717) is 4.77 Å². The molecule has 0 spiro atoms. The zero-order valence-electron chi connectivity index (χ0n) is 9.87. The fourth-order valence-electron chi connectivity index (χ4n) is 1.64. The molecule has 2 rings (SSSR count). The molecular weight excluding hydrogens is 238 g/mol. The van der Waals surface area contributed by atoms with Gasteiger partial charge in [-0.25, -0.2) is 0 Å². The second-order valence-electron chi connectivity index (χ2n) is 4.77. The Morgan fingerprint density at radius 2 is 2.06 bits per heavy atom. The van der Waals surface area contributed by atoms with Gasteiger partial charge >= 0.3 is 0 Å². The van der Waals surface area contributed by atoms with Gasteiger partial charge in [-0.05, 0) is 52.0 Å². The molecule has 0 unspecified atom stereocenters. The van der Waals surface area contributed by atoms with Gasteiger partial charge in [-0.2, -0.15) is 5.10 Å². The number of aromatic nitrogens is 3. The first-order valence-electron chi connectivity index (χ1n) is 5.14. The number of rotatable bonds is 1. The highest BCUT2D eigenvalue weighted by atomic mass is 32.1. The van der Waals surface area contributed by atoms with Crippen molar-refractivity contribution in [3.05, 3.63) is 21.8 Å². The fraction of sp³-hybridized carbons (Fsp3) is 0.455. The highest BCUT2D eigenvalue weighted by Gasteiger charge is 2.20. The van der Waals surface area contributed by atoms with Gasteiger partial charge in [0, 0.05) is 10.4 Å². The first-order valence-corrected chi connectivity index (χ1v) is 6.37. The van der Waals surface area contributed by atoms with Crippen molar-refractivity contribution in [3.63, 3.8) is 0 Å². The van der Waals surface area contributed by atoms with Crippen molar-refractivity contribution < 1.29 is 0 Å². The minimum absolute atomic E-state index is 0.0582. The van der Waals surface area contributed by atoms with E-state index in [2.05, 4.69) is 54.6 Å². The normalized spacial score (nSPS) is 12.0. The Kier molecular flexibility index (Phi) is 2.75. The number of aromatic amines is 1. The third-order valence-corrected chi connectivity index (χ3v) is 3.57. The molecule has 0 radical (unpaired) electrons. The lowest BCUT2D eigenvalue weighted by atomic mass is 10.1. The number of hydrogen-bond donors (Lipinski definition) is 1. The topological polar surface area (TPSA) is 33.6 Å². The molecule has 16 heavy (non-hydrogen) atoms. The average molecular weight is 253 g/mol. The van der Waals surface area contributed by atoms with Gasteiger partial charge < -0.3 is 0 Å². The SMILES string of the molecule is Cc1ccc(-c2n[nH]c(=S)n2C(C)(C)C)s1. The maximum atomic E-state index is 5.28. The Morgan fingerprint density at radius 3 is 2.56 bits per heavy atom. The van der Waals surface area contributed by atoms with Crippen molar-refractivity contribution in [1.29, 1.82) is 0 Å². The number of nitrogens with zero attached hydrogens (tertiary/aromatic N) is 2. The van der Waals surface area contributed by atoms with Gasteiger partial charge in [-0.1, -0.05) is 0 Å². The molecule has 0 atom stereocenters. The van der Waals surface area contributed by atoms with Crippen LogP contribution >= 0.6 is 23.6 Å². The summed E-state index contributed by atoms with van der Waals surface area (Å²) in [4.78, 5) is 2.43. The quantitative estimate of drug-likeness (QED) is 0.786. The molecule has 0 aliphatic rings. The van der Waals surface area contributed by atoms with E-state index >= 15 is 0 Å². The van der Waals surface area contributed by atoms with Crippen LogP contribution in [0.15, 0.2) is 12.1 Å². The van der Waals surface area contributed by atoms with E-state index < -0.39 is 0 Å². The number of nitrogens with one attached hydrogen (secondary N) is 1. The number of H-pyrrole nitrogens is 1. The number of aryl methyl sites for hydroxylation is 1. The third kappa shape index (κ3) is 1.97. The van der Waals surface area contributed by atoms with E-state index in [1.54, 1.807) is 11.3 Å². The average Bonchev–Trinajstić information content (AvgIpc) is 2.70. The summed E-state index contributed by atoms with van der Waals surface area (Å²) in [5.74, 6) is 0.926. The summed E-state index contributed by atoms with van der Waals surface area (Å²) in [6.45, 7) is 8.48. The van der Waals surface area contributed by atoms with Crippen molar-refractivity contribution in [3.8, 4) is 10.7 Å². The van der Waals surface area contributed by atoms with Crippen molar-refractivity contribution >= 4 is 23.6 Å². The summed E-state index contributed by atoms with van der Waals surface area (Å²) < 4.78 is 2.74. The van der Waals surface area contributed by atoms with E-state index in [1.165, 1.54) is 4.88 Å². The highest BCUT2D eigenvalue weighted by molar-refractivity contribution is 7.71. The van der Waals surface area contributed by atoms with Crippen molar-refractivity contribution in [2.45, 2.75) is 33.2 Å². The van der Waals surface area contributed by atoms with Crippen LogP contribution in [0.2, 0.25) is 0 Å². The minimum Gasteiger partial charge on any atom is -0.294 e. The van der Waals surface area contributed by atoms with Crippen LogP contribution in [0.1, 0.15) is 25.6 Å². The molecule has 0 aliphatic heterocycles.